The number of ketones is 1. The highest BCUT2D eigenvalue weighted by Crippen LogP contribution is 2.16. The zero-order valence-electron chi connectivity index (χ0n) is 13.6. The van der Waals surface area contributed by atoms with Gasteiger partial charge in [-0.05, 0) is 30.3 Å². The third-order valence-corrected chi connectivity index (χ3v) is 3.17. The maximum Gasteiger partial charge on any atom is 0.513 e. The Morgan fingerprint density at radius 3 is 2.12 bits per heavy atom. The van der Waals surface area contributed by atoms with Crippen molar-refractivity contribution in [3.63, 3.8) is 0 Å². The molecule has 0 fully saturated rings. The van der Waals surface area contributed by atoms with Gasteiger partial charge in [-0.2, -0.15) is 0 Å². The molecule has 0 saturated heterocycles. The Bertz CT molecular complexity index is 747. The van der Waals surface area contributed by atoms with E-state index in [9.17, 15) is 9.59 Å². The lowest BCUT2D eigenvalue weighted by Crippen LogP contribution is -2.14. The molecule has 0 spiro atoms. The van der Waals surface area contributed by atoms with Crippen LogP contribution in [0.2, 0.25) is 0 Å². The second-order valence-electron chi connectivity index (χ2n) is 4.94. The molecule has 0 aliphatic carbocycles. The van der Waals surface area contributed by atoms with E-state index in [-0.39, 0.29) is 24.7 Å². The summed E-state index contributed by atoms with van der Waals surface area (Å²) < 4.78 is 15.0. The second-order valence-corrected chi connectivity index (χ2v) is 4.94. The maximum atomic E-state index is 12.3. The summed E-state index contributed by atoms with van der Waals surface area (Å²) in [6, 6.07) is 15.2. The van der Waals surface area contributed by atoms with Gasteiger partial charge in [-0.3, -0.25) is 4.79 Å². The van der Waals surface area contributed by atoms with E-state index in [1.54, 1.807) is 36.4 Å². The molecule has 0 saturated carbocycles. The number of hydrogen-bond donors (Lipinski definition) is 0. The van der Waals surface area contributed by atoms with Crippen LogP contribution < -0.4 is 4.74 Å². The average Bonchev–Trinajstić information content (AvgIpc) is 2.65. The van der Waals surface area contributed by atoms with Crippen molar-refractivity contribution in [1.29, 1.82) is 0 Å². The fourth-order valence-electron chi connectivity index (χ4n) is 1.91. The minimum Gasteiger partial charge on any atom is -0.491 e. The molecule has 0 amide bonds. The van der Waals surface area contributed by atoms with Gasteiger partial charge in [-0.1, -0.05) is 43.5 Å². The summed E-state index contributed by atoms with van der Waals surface area (Å²) in [5.41, 5.74) is 1.10. The fraction of sp³-hybridized carbons (Fsp3) is 0.100. The van der Waals surface area contributed by atoms with Gasteiger partial charge in [0.1, 0.15) is 24.7 Å². The first-order chi connectivity index (χ1) is 12.1. The molecular weight excluding hydrogens is 320 g/mol. The molecule has 5 nitrogen and oxygen atoms in total. The molecule has 0 bridgehead atoms. The highest BCUT2D eigenvalue weighted by molar-refractivity contribution is 6.09. The van der Waals surface area contributed by atoms with Crippen LogP contribution in [0.4, 0.5) is 4.79 Å². The molecule has 2 aromatic rings. The summed E-state index contributed by atoms with van der Waals surface area (Å²) in [5, 5.41) is 0. The molecular formula is C20H18O5. The van der Waals surface area contributed by atoms with Crippen molar-refractivity contribution in [3.8, 4) is 5.75 Å². The second kappa shape index (κ2) is 9.08. The minimum absolute atomic E-state index is 0.0241. The van der Waals surface area contributed by atoms with Gasteiger partial charge in [0.05, 0.1) is 0 Å². The molecule has 0 aliphatic rings. The van der Waals surface area contributed by atoms with Crippen LogP contribution in [0.15, 0.2) is 79.6 Å². The molecule has 0 heterocycles. The van der Waals surface area contributed by atoms with Crippen molar-refractivity contribution in [1.82, 2.24) is 0 Å². The van der Waals surface area contributed by atoms with Gasteiger partial charge in [0.15, 0.2) is 5.78 Å². The van der Waals surface area contributed by atoms with Crippen LogP contribution in [0, 0.1) is 0 Å². The molecule has 2 rings (SSSR count). The zero-order valence-corrected chi connectivity index (χ0v) is 13.6. The van der Waals surface area contributed by atoms with Gasteiger partial charge in [0, 0.05) is 11.1 Å². The Balaban J connectivity index is 1.83. The molecule has 2 aromatic carbocycles. The molecule has 0 unspecified atom stereocenters. The van der Waals surface area contributed by atoms with Crippen LogP contribution in [0.5, 0.6) is 5.75 Å². The molecule has 0 aromatic heterocycles. The number of allylic oxidation sites excluding steroid dienone is 1. The molecule has 5 heteroatoms. The van der Waals surface area contributed by atoms with Gasteiger partial charge >= 0.3 is 6.16 Å². The van der Waals surface area contributed by atoms with Crippen molar-refractivity contribution >= 4 is 11.9 Å². The molecule has 0 N–H and O–H groups in total. The fourth-order valence-corrected chi connectivity index (χ4v) is 1.91. The van der Waals surface area contributed by atoms with Crippen molar-refractivity contribution in [2.24, 2.45) is 0 Å². The third-order valence-electron chi connectivity index (χ3n) is 3.17. The van der Waals surface area contributed by atoms with Crippen molar-refractivity contribution in [3.05, 3.63) is 90.7 Å². The van der Waals surface area contributed by atoms with E-state index in [4.69, 9.17) is 14.2 Å². The van der Waals surface area contributed by atoms with Gasteiger partial charge in [-0.15, -0.1) is 0 Å². The molecule has 25 heavy (non-hydrogen) atoms. The lowest BCUT2D eigenvalue weighted by Gasteiger charge is -2.08. The zero-order chi connectivity index (χ0) is 18.1. The van der Waals surface area contributed by atoms with Crippen LogP contribution in [-0.4, -0.2) is 25.2 Å². The van der Waals surface area contributed by atoms with Gasteiger partial charge in [-0.25, -0.2) is 4.79 Å². The van der Waals surface area contributed by atoms with Crippen molar-refractivity contribution in [2.75, 3.05) is 13.2 Å². The summed E-state index contributed by atoms with van der Waals surface area (Å²) in [6.07, 6.45) is 0.603. The minimum atomic E-state index is -0.852. The number of benzene rings is 2. The first-order valence-electron chi connectivity index (χ1n) is 7.58. The van der Waals surface area contributed by atoms with Crippen LogP contribution in [0.3, 0.4) is 0 Å². The van der Waals surface area contributed by atoms with E-state index < -0.39 is 6.16 Å². The number of carbonyl (C=O) groups is 2. The first kappa shape index (κ1) is 18.0. The predicted octanol–water partition coefficient (Wildman–Crippen LogP) is 4.15. The van der Waals surface area contributed by atoms with Crippen LogP contribution >= 0.6 is 0 Å². The van der Waals surface area contributed by atoms with E-state index in [0.29, 0.717) is 16.9 Å². The van der Waals surface area contributed by atoms with E-state index in [1.807, 2.05) is 6.07 Å². The van der Waals surface area contributed by atoms with Gasteiger partial charge in [0.25, 0.3) is 0 Å². The smallest absolute Gasteiger partial charge is 0.491 e. The van der Waals surface area contributed by atoms with Crippen molar-refractivity contribution < 1.29 is 23.8 Å². The Hall–Kier alpha value is -3.34. The number of rotatable bonds is 8. The molecule has 0 radical (unpaired) electrons. The lowest BCUT2D eigenvalue weighted by atomic mass is 10.0. The summed E-state index contributed by atoms with van der Waals surface area (Å²) in [6.45, 7) is 7.23. The predicted molar refractivity (Wildman–Crippen MR) is 93.6 cm³/mol. The Labute approximate surface area is 146 Å². The Morgan fingerprint density at radius 1 is 0.880 bits per heavy atom. The number of carbonyl (C=O) groups excluding carboxylic acids is 2. The summed E-state index contributed by atoms with van der Waals surface area (Å²) >= 11 is 0. The van der Waals surface area contributed by atoms with E-state index in [2.05, 4.69) is 13.2 Å². The molecule has 0 atom stereocenters. The maximum absolute atomic E-state index is 12.3. The van der Waals surface area contributed by atoms with Crippen LogP contribution in [0.25, 0.3) is 0 Å². The highest BCUT2D eigenvalue weighted by atomic mass is 16.7. The SMILES string of the molecule is C=CC(=C)OCCOC(=O)Oc1ccc(C(=O)c2ccccc2)cc1. The summed E-state index contributed by atoms with van der Waals surface area (Å²) in [4.78, 5) is 23.8. The highest BCUT2D eigenvalue weighted by Gasteiger charge is 2.10. The summed E-state index contributed by atoms with van der Waals surface area (Å²) in [5.74, 6) is 0.580. The van der Waals surface area contributed by atoms with Gasteiger partial charge < -0.3 is 14.2 Å². The number of hydrogen-bond acceptors (Lipinski definition) is 5. The largest absolute Gasteiger partial charge is 0.513 e. The Morgan fingerprint density at radius 2 is 1.48 bits per heavy atom. The monoisotopic (exact) mass is 338 g/mol. The molecule has 0 aliphatic heterocycles. The van der Waals surface area contributed by atoms with Crippen molar-refractivity contribution in [2.45, 2.75) is 0 Å². The number of ether oxygens (including phenoxy) is 3. The molecule has 128 valence electrons. The van der Waals surface area contributed by atoms with E-state index in [0.717, 1.165) is 0 Å². The quantitative estimate of drug-likeness (QED) is 0.181. The third kappa shape index (κ3) is 5.66. The standard InChI is InChI=1S/C20H18O5/c1-3-15(2)23-13-14-24-20(22)25-18-11-9-17(10-12-18)19(21)16-7-5-4-6-8-16/h3-12H,1-2,13-14H2. The normalized spacial score (nSPS) is 9.76. The summed E-state index contributed by atoms with van der Waals surface area (Å²) in [7, 11) is 0. The van der Waals surface area contributed by atoms with Crippen LogP contribution in [-0.2, 0) is 9.47 Å². The lowest BCUT2D eigenvalue weighted by molar-refractivity contribution is 0.0737. The first-order valence-corrected chi connectivity index (χ1v) is 7.58. The van der Waals surface area contributed by atoms with Crippen LogP contribution in [0.1, 0.15) is 15.9 Å². The Kier molecular flexibility index (Phi) is 6.54. The van der Waals surface area contributed by atoms with E-state index >= 15 is 0 Å². The van der Waals surface area contributed by atoms with Gasteiger partial charge in [0.2, 0.25) is 0 Å². The van der Waals surface area contributed by atoms with E-state index in [1.165, 1.54) is 18.2 Å². The topological polar surface area (TPSA) is 61.8 Å². The average molecular weight is 338 g/mol.